The van der Waals surface area contributed by atoms with Crippen LogP contribution in [0.15, 0.2) is 55.1 Å². The first-order valence-corrected chi connectivity index (χ1v) is 7.14. The molecule has 2 aromatic rings. The Hall–Kier alpha value is -2.34. The van der Waals surface area contributed by atoms with Crippen molar-refractivity contribution in [1.82, 2.24) is 4.57 Å². The molecule has 0 fully saturated rings. The maximum Gasteiger partial charge on any atom is 0.243 e. The number of imidazole rings is 1. The second-order valence-corrected chi connectivity index (χ2v) is 5.03. The number of rotatable bonds is 6. The highest BCUT2D eigenvalue weighted by atomic mass is 35.5. The van der Waals surface area contributed by atoms with Gasteiger partial charge in [-0.05, 0) is 12.1 Å². The van der Waals surface area contributed by atoms with Crippen molar-refractivity contribution in [3.05, 3.63) is 55.1 Å². The summed E-state index contributed by atoms with van der Waals surface area (Å²) >= 11 is 0. The quantitative estimate of drug-likeness (QED) is 0.610. The lowest BCUT2D eigenvalue weighted by Gasteiger charge is -2.24. The smallest absolute Gasteiger partial charge is 0.243 e. The summed E-state index contributed by atoms with van der Waals surface area (Å²) in [5.41, 5.74) is 0.957. The molecular formula is C16H20ClN3O3. The summed E-state index contributed by atoms with van der Waals surface area (Å²) in [5.74, 6) is 1.50. The minimum atomic E-state index is 0. The summed E-state index contributed by atoms with van der Waals surface area (Å²) in [6.07, 6.45) is 7.74. The molecule has 0 N–H and O–H groups in total. The van der Waals surface area contributed by atoms with Crippen molar-refractivity contribution >= 4 is 5.69 Å². The summed E-state index contributed by atoms with van der Waals surface area (Å²) in [5, 5.41) is 0. The summed E-state index contributed by atoms with van der Waals surface area (Å²) < 4.78 is 20.4. The highest BCUT2D eigenvalue weighted by molar-refractivity contribution is 5.61. The first-order valence-electron chi connectivity index (χ1n) is 7.14. The third-order valence-corrected chi connectivity index (χ3v) is 3.51. The van der Waals surface area contributed by atoms with E-state index in [1.165, 1.54) is 0 Å². The van der Waals surface area contributed by atoms with Crippen molar-refractivity contribution < 1.29 is 31.2 Å². The minimum Gasteiger partial charge on any atom is -1.00 e. The van der Waals surface area contributed by atoms with Crippen LogP contribution in [0.3, 0.4) is 0 Å². The summed E-state index contributed by atoms with van der Waals surface area (Å²) in [4.78, 5) is 2.06. The van der Waals surface area contributed by atoms with Crippen LogP contribution in [0, 0.1) is 0 Å². The van der Waals surface area contributed by atoms with Crippen LogP contribution in [-0.2, 0) is 23.1 Å². The highest BCUT2D eigenvalue weighted by Crippen LogP contribution is 2.31. The van der Waals surface area contributed by atoms with E-state index in [1.807, 2.05) is 54.6 Å². The second kappa shape index (κ2) is 7.78. The van der Waals surface area contributed by atoms with Gasteiger partial charge in [-0.3, -0.25) is 0 Å². The van der Waals surface area contributed by atoms with Gasteiger partial charge in [0, 0.05) is 0 Å². The number of methoxy groups -OCH3 is 1. The zero-order valence-electron chi connectivity index (χ0n) is 13.2. The molecule has 0 radical (unpaired) electrons. The average molecular weight is 338 g/mol. The van der Waals surface area contributed by atoms with Gasteiger partial charge in [0.2, 0.25) is 19.0 Å². The number of aromatic nitrogens is 2. The topological polar surface area (TPSA) is 39.7 Å². The van der Waals surface area contributed by atoms with Crippen LogP contribution in [0.2, 0.25) is 0 Å². The molecule has 0 unspecified atom stereocenters. The van der Waals surface area contributed by atoms with E-state index in [9.17, 15) is 0 Å². The van der Waals surface area contributed by atoms with Gasteiger partial charge in [-0.1, -0.05) is 12.1 Å². The van der Waals surface area contributed by atoms with E-state index in [0.717, 1.165) is 24.5 Å². The fourth-order valence-electron chi connectivity index (χ4n) is 2.43. The summed E-state index contributed by atoms with van der Waals surface area (Å²) in [6.45, 7) is 1.81. The molecule has 1 aliphatic heterocycles. The Labute approximate surface area is 141 Å². The Balaban J connectivity index is 0.00000192. The van der Waals surface area contributed by atoms with E-state index < -0.39 is 0 Å². The molecule has 6 nitrogen and oxygen atoms in total. The second-order valence-electron chi connectivity index (χ2n) is 5.03. The maximum absolute atomic E-state index is 5.56. The number of hydrogen-bond donors (Lipinski definition) is 0. The van der Waals surface area contributed by atoms with Gasteiger partial charge in [0.1, 0.15) is 31.0 Å². The highest BCUT2D eigenvalue weighted by Gasteiger charge is 2.21. The summed E-state index contributed by atoms with van der Waals surface area (Å²) in [7, 11) is 3.67. The zero-order chi connectivity index (χ0) is 15.4. The normalized spacial score (nSPS) is 12.7. The molecular weight excluding hydrogens is 318 g/mol. The molecule has 1 aromatic carbocycles. The number of para-hydroxylation sites is 2. The van der Waals surface area contributed by atoms with Crippen LogP contribution in [0.5, 0.6) is 5.75 Å². The van der Waals surface area contributed by atoms with Gasteiger partial charge in [0.05, 0.1) is 26.4 Å². The third-order valence-electron chi connectivity index (χ3n) is 3.51. The van der Waals surface area contributed by atoms with E-state index >= 15 is 0 Å². The maximum atomic E-state index is 5.56. The number of benzene rings is 1. The Morgan fingerprint density at radius 3 is 2.83 bits per heavy atom. The predicted molar refractivity (Wildman–Crippen MR) is 81.1 cm³/mol. The van der Waals surface area contributed by atoms with Crippen LogP contribution in [-0.4, -0.2) is 25.0 Å². The molecule has 0 bridgehead atoms. The van der Waals surface area contributed by atoms with Gasteiger partial charge in [0.15, 0.2) is 0 Å². The third kappa shape index (κ3) is 3.90. The number of hydrogen-bond acceptors (Lipinski definition) is 4. The van der Waals surface area contributed by atoms with Gasteiger partial charge in [-0.2, -0.15) is 0 Å². The molecule has 7 heteroatoms. The Morgan fingerprint density at radius 1 is 1.35 bits per heavy atom. The van der Waals surface area contributed by atoms with E-state index in [4.69, 9.17) is 14.2 Å². The predicted octanol–water partition coefficient (Wildman–Crippen LogP) is -1.36. The van der Waals surface area contributed by atoms with Gasteiger partial charge in [-0.25, -0.2) is 9.13 Å². The van der Waals surface area contributed by atoms with E-state index in [0.29, 0.717) is 5.88 Å². The van der Waals surface area contributed by atoms with E-state index in [-0.39, 0.29) is 19.2 Å². The van der Waals surface area contributed by atoms with Gasteiger partial charge < -0.3 is 31.5 Å². The Kier molecular flexibility index (Phi) is 5.76. The standard InChI is InChI=1S/C16H20N3O3.ClH/c1-17-7-8-18(12-17)9-10-19(16-11-21-13-22-16)14-5-3-4-6-15(14)20-2;/h3-8,11-12H,9-10,13H2,1-2H3;1H/q+1;/p-1. The molecule has 0 aliphatic carbocycles. The van der Waals surface area contributed by atoms with Crippen molar-refractivity contribution in [3.63, 3.8) is 0 Å². The average Bonchev–Trinajstić information content (AvgIpc) is 3.20. The molecule has 0 atom stereocenters. The lowest BCUT2D eigenvalue weighted by molar-refractivity contribution is -0.693. The number of nitrogens with zero attached hydrogens (tertiary/aromatic N) is 3. The first-order chi connectivity index (χ1) is 10.8. The van der Waals surface area contributed by atoms with Crippen LogP contribution in [0.25, 0.3) is 0 Å². The van der Waals surface area contributed by atoms with Gasteiger partial charge in [0.25, 0.3) is 0 Å². The first kappa shape index (κ1) is 17.0. The van der Waals surface area contributed by atoms with Crippen molar-refractivity contribution in [3.8, 4) is 5.75 Å². The molecule has 1 aromatic heterocycles. The van der Waals surface area contributed by atoms with Crippen LogP contribution >= 0.6 is 0 Å². The van der Waals surface area contributed by atoms with Gasteiger partial charge >= 0.3 is 0 Å². The van der Waals surface area contributed by atoms with Gasteiger partial charge in [-0.15, -0.1) is 0 Å². The number of anilines is 1. The molecule has 0 saturated heterocycles. The largest absolute Gasteiger partial charge is 1.00 e. The molecule has 2 heterocycles. The lowest BCUT2D eigenvalue weighted by atomic mass is 10.2. The minimum absolute atomic E-state index is 0. The van der Waals surface area contributed by atoms with Crippen LogP contribution in [0.1, 0.15) is 0 Å². The number of aryl methyl sites for hydroxylation is 1. The van der Waals surface area contributed by atoms with E-state index in [1.54, 1.807) is 13.4 Å². The fraction of sp³-hybridized carbons (Fsp3) is 0.312. The molecule has 0 amide bonds. The molecule has 3 rings (SSSR count). The molecule has 0 saturated carbocycles. The van der Waals surface area contributed by atoms with Crippen molar-refractivity contribution in [2.75, 3.05) is 25.3 Å². The Bertz CT molecular complexity index is 672. The molecule has 0 spiro atoms. The number of halogens is 1. The molecule has 124 valence electrons. The number of ether oxygens (including phenoxy) is 3. The van der Waals surface area contributed by atoms with E-state index in [2.05, 4.69) is 9.47 Å². The zero-order valence-corrected chi connectivity index (χ0v) is 13.9. The Morgan fingerprint density at radius 2 is 2.17 bits per heavy atom. The molecule has 23 heavy (non-hydrogen) atoms. The van der Waals surface area contributed by atoms with Crippen molar-refractivity contribution in [2.24, 2.45) is 7.05 Å². The van der Waals surface area contributed by atoms with Crippen molar-refractivity contribution in [1.29, 1.82) is 0 Å². The lowest BCUT2D eigenvalue weighted by Crippen LogP contribution is -3.00. The fourth-order valence-corrected chi connectivity index (χ4v) is 2.43. The monoisotopic (exact) mass is 337 g/mol. The van der Waals surface area contributed by atoms with Crippen LogP contribution < -0.4 is 26.6 Å². The van der Waals surface area contributed by atoms with Crippen LogP contribution in [0.4, 0.5) is 5.69 Å². The molecule has 1 aliphatic rings. The SMILES string of the molecule is COc1ccccc1N(CC[n+]1ccn(C)c1)C1=COCO1.[Cl-]. The van der Waals surface area contributed by atoms with Crippen molar-refractivity contribution in [2.45, 2.75) is 6.54 Å². The summed E-state index contributed by atoms with van der Waals surface area (Å²) in [6, 6.07) is 7.88.